The number of aromatic nitrogens is 1. The molecular formula is C11H9N3O2. The summed E-state index contributed by atoms with van der Waals surface area (Å²) < 4.78 is 0. The van der Waals surface area contributed by atoms with Gasteiger partial charge in [-0.1, -0.05) is 12.1 Å². The van der Waals surface area contributed by atoms with E-state index in [-0.39, 0.29) is 5.69 Å². The first-order valence-electron chi connectivity index (χ1n) is 4.63. The number of non-ortho nitro benzene ring substituents is 1. The lowest BCUT2D eigenvalue weighted by Crippen LogP contribution is -1.90. The summed E-state index contributed by atoms with van der Waals surface area (Å²) in [5.74, 6) is 0. The molecule has 0 saturated carbocycles. The van der Waals surface area contributed by atoms with Crippen molar-refractivity contribution >= 4 is 11.4 Å². The molecule has 1 aromatic carbocycles. The lowest BCUT2D eigenvalue weighted by atomic mass is 10.1. The molecule has 0 aliphatic rings. The minimum Gasteiger partial charge on any atom is -0.397 e. The number of nitrogen functional groups attached to an aromatic ring is 1. The molecule has 1 aromatic heterocycles. The Labute approximate surface area is 91.7 Å². The van der Waals surface area contributed by atoms with Crippen molar-refractivity contribution < 1.29 is 4.92 Å². The summed E-state index contributed by atoms with van der Waals surface area (Å²) in [4.78, 5) is 14.3. The van der Waals surface area contributed by atoms with Crippen LogP contribution in [0.15, 0.2) is 42.6 Å². The van der Waals surface area contributed by atoms with Gasteiger partial charge in [-0.15, -0.1) is 0 Å². The van der Waals surface area contributed by atoms with Crippen molar-refractivity contribution in [2.45, 2.75) is 0 Å². The zero-order valence-corrected chi connectivity index (χ0v) is 8.33. The molecule has 16 heavy (non-hydrogen) atoms. The second kappa shape index (κ2) is 3.98. The van der Waals surface area contributed by atoms with Gasteiger partial charge in [0.1, 0.15) is 0 Å². The van der Waals surface area contributed by atoms with Crippen LogP contribution in [0.2, 0.25) is 0 Å². The number of nitro benzene ring substituents is 1. The molecule has 0 radical (unpaired) electrons. The molecule has 0 aliphatic heterocycles. The first kappa shape index (κ1) is 10.1. The van der Waals surface area contributed by atoms with Crippen LogP contribution < -0.4 is 5.73 Å². The average Bonchev–Trinajstić information content (AvgIpc) is 2.30. The van der Waals surface area contributed by atoms with Crippen molar-refractivity contribution in [2.24, 2.45) is 0 Å². The number of pyridine rings is 1. The van der Waals surface area contributed by atoms with Gasteiger partial charge in [0.25, 0.3) is 5.69 Å². The summed E-state index contributed by atoms with van der Waals surface area (Å²) in [6.45, 7) is 0. The molecule has 0 spiro atoms. The molecule has 80 valence electrons. The topological polar surface area (TPSA) is 82.0 Å². The fourth-order valence-electron chi connectivity index (χ4n) is 1.35. The highest BCUT2D eigenvalue weighted by atomic mass is 16.6. The van der Waals surface area contributed by atoms with Gasteiger partial charge in [-0.25, -0.2) is 0 Å². The third-order valence-corrected chi connectivity index (χ3v) is 2.14. The summed E-state index contributed by atoms with van der Waals surface area (Å²) >= 11 is 0. The summed E-state index contributed by atoms with van der Waals surface area (Å²) in [6, 6.07) is 9.77. The van der Waals surface area contributed by atoms with E-state index in [0.717, 1.165) is 0 Å². The minimum absolute atomic E-state index is 0.0520. The average molecular weight is 215 g/mol. The van der Waals surface area contributed by atoms with Crippen LogP contribution in [0, 0.1) is 10.1 Å². The van der Waals surface area contributed by atoms with Gasteiger partial charge in [-0.2, -0.15) is 0 Å². The van der Waals surface area contributed by atoms with Gasteiger partial charge in [-0.05, 0) is 12.1 Å². The molecule has 0 atom stereocenters. The quantitative estimate of drug-likeness (QED) is 0.615. The number of hydrogen-bond donors (Lipinski definition) is 1. The van der Waals surface area contributed by atoms with Gasteiger partial charge < -0.3 is 5.73 Å². The highest BCUT2D eigenvalue weighted by Crippen LogP contribution is 2.22. The Morgan fingerprint density at radius 2 is 2.06 bits per heavy atom. The lowest BCUT2D eigenvalue weighted by Gasteiger charge is -2.00. The molecule has 2 rings (SSSR count). The SMILES string of the molecule is Nc1ccc(-c2cccc([N+](=O)[O-])c2)nc1. The molecule has 0 aliphatic carbocycles. The lowest BCUT2D eigenvalue weighted by molar-refractivity contribution is -0.384. The van der Waals surface area contributed by atoms with E-state index < -0.39 is 4.92 Å². The van der Waals surface area contributed by atoms with E-state index in [0.29, 0.717) is 16.9 Å². The highest BCUT2D eigenvalue weighted by molar-refractivity contribution is 5.63. The normalized spacial score (nSPS) is 10.0. The number of rotatable bonds is 2. The maximum Gasteiger partial charge on any atom is 0.270 e. The van der Waals surface area contributed by atoms with Crippen LogP contribution in [0.5, 0.6) is 0 Å². The Morgan fingerprint density at radius 3 is 2.69 bits per heavy atom. The van der Waals surface area contributed by atoms with Crippen molar-refractivity contribution in [1.29, 1.82) is 0 Å². The van der Waals surface area contributed by atoms with Gasteiger partial charge in [0.15, 0.2) is 0 Å². The molecule has 0 fully saturated rings. The third kappa shape index (κ3) is 1.98. The van der Waals surface area contributed by atoms with Crippen molar-refractivity contribution in [3.05, 3.63) is 52.7 Å². The molecule has 5 nitrogen and oxygen atoms in total. The number of anilines is 1. The monoisotopic (exact) mass is 215 g/mol. The molecule has 5 heteroatoms. The maximum absolute atomic E-state index is 10.6. The number of hydrogen-bond acceptors (Lipinski definition) is 4. The van der Waals surface area contributed by atoms with E-state index >= 15 is 0 Å². The molecule has 0 amide bonds. The number of nitrogens with two attached hydrogens (primary N) is 1. The van der Waals surface area contributed by atoms with Crippen LogP contribution in [0.25, 0.3) is 11.3 Å². The number of benzene rings is 1. The van der Waals surface area contributed by atoms with E-state index in [1.54, 1.807) is 24.3 Å². The first-order valence-corrected chi connectivity index (χ1v) is 4.63. The Bertz CT molecular complexity index is 523. The van der Waals surface area contributed by atoms with E-state index in [2.05, 4.69) is 4.98 Å². The third-order valence-electron chi connectivity index (χ3n) is 2.14. The Morgan fingerprint density at radius 1 is 1.25 bits per heavy atom. The highest BCUT2D eigenvalue weighted by Gasteiger charge is 2.07. The van der Waals surface area contributed by atoms with Crippen molar-refractivity contribution in [3.8, 4) is 11.3 Å². The fourth-order valence-corrected chi connectivity index (χ4v) is 1.35. The number of nitro groups is 1. The van der Waals surface area contributed by atoms with Crippen LogP contribution in [0.1, 0.15) is 0 Å². The van der Waals surface area contributed by atoms with Crippen LogP contribution in [0.4, 0.5) is 11.4 Å². The molecule has 0 saturated heterocycles. The van der Waals surface area contributed by atoms with Gasteiger partial charge in [0.05, 0.1) is 22.5 Å². The van der Waals surface area contributed by atoms with Crippen LogP contribution in [-0.2, 0) is 0 Å². The predicted molar refractivity (Wildman–Crippen MR) is 60.7 cm³/mol. The second-order valence-corrected chi connectivity index (χ2v) is 3.28. The Kier molecular flexibility index (Phi) is 2.51. The fraction of sp³-hybridized carbons (Fsp3) is 0. The second-order valence-electron chi connectivity index (χ2n) is 3.28. The maximum atomic E-state index is 10.6. The standard InChI is InChI=1S/C11H9N3O2/c12-9-4-5-11(13-7-9)8-2-1-3-10(6-8)14(15)16/h1-7H,12H2. The summed E-state index contributed by atoms with van der Waals surface area (Å²) in [5, 5.41) is 10.6. The van der Waals surface area contributed by atoms with Gasteiger partial charge in [-0.3, -0.25) is 15.1 Å². The van der Waals surface area contributed by atoms with Crippen molar-refractivity contribution in [3.63, 3.8) is 0 Å². The molecule has 1 heterocycles. The van der Waals surface area contributed by atoms with Crippen molar-refractivity contribution in [2.75, 3.05) is 5.73 Å². The molecular weight excluding hydrogens is 206 g/mol. The zero-order chi connectivity index (χ0) is 11.5. The molecule has 2 aromatic rings. The largest absolute Gasteiger partial charge is 0.397 e. The summed E-state index contributed by atoms with van der Waals surface area (Å²) in [6.07, 6.45) is 1.52. The Balaban J connectivity index is 2.44. The van der Waals surface area contributed by atoms with E-state index in [1.165, 1.54) is 18.3 Å². The number of nitrogens with zero attached hydrogens (tertiary/aromatic N) is 2. The summed E-state index contributed by atoms with van der Waals surface area (Å²) in [5.41, 5.74) is 7.50. The predicted octanol–water partition coefficient (Wildman–Crippen LogP) is 2.24. The molecule has 2 N–H and O–H groups in total. The van der Waals surface area contributed by atoms with Crippen LogP contribution in [0.3, 0.4) is 0 Å². The van der Waals surface area contributed by atoms with E-state index in [1.807, 2.05) is 0 Å². The van der Waals surface area contributed by atoms with Crippen LogP contribution >= 0.6 is 0 Å². The molecule has 0 bridgehead atoms. The van der Waals surface area contributed by atoms with Crippen LogP contribution in [-0.4, -0.2) is 9.91 Å². The minimum atomic E-state index is -0.430. The summed E-state index contributed by atoms with van der Waals surface area (Å²) in [7, 11) is 0. The zero-order valence-electron chi connectivity index (χ0n) is 8.33. The smallest absolute Gasteiger partial charge is 0.270 e. The van der Waals surface area contributed by atoms with Gasteiger partial charge >= 0.3 is 0 Å². The molecule has 0 unspecified atom stereocenters. The Hall–Kier alpha value is -2.43. The van der Waals surface area contributed by atoms with Crippen molar-refractivity contribution in [1.82, 2.24) is 4.98 Å². The van der Waals surface area contributed by atoms with E-state index in [4.69, 9.17) is 5.73 Å². The van der Waals surface area contributed by atoms with Gasteiger partial charge in [0.2, 0.25) is 0 Å². The van der Waals surface area contributed by atoms with E-state index in [9.17, 15) is 10.1 Å². The first-order chi connectivity index (χ1) is 7.66. The van der Waals surface area contributed by atoms with Gasteiger partial charge in [0, 0.05) is 17.7 Å².